The Labute approximate surface area is 123 Å². The third-order valence-electron chi connectivity index (χ3n) is 2.98. The number of carbonyl (C=O) groups excluding carboxylic acids is 2. The molecule has 0 radical (unpaired) electrons. The molecule has 21 heavy (non-hydrogen) atoms. The van der Waals surface area contributed by atoms with Gasteiger partial charge in [-0.25, -0.2) is 0 Å². The molecule has 0 spiro atoms. The highest BCUT2D eigenvalue weighted by Crippen LogP contribution is 2.33. The summed E-state index contributed by atoms with van der Waals surface area (Å²) in [6.07, 6.45) is 1.33. The van der Waals surface area contributed by atoms with Crippen molar-refractivity contribution in [3.8, 4) is 11.5 Å². The van der Waals surface area contributed by atoms with Gasteiger partial charge in [0.05, 0.1) is 31.5 Å². The number of anilines is 1. The first-order valence-electron chi connectivity index (χ1n) is 6.56. The van der Waals surface area contributed by atoms with Crippen LogP contribution in [0.3, 0.4) is 0 Å². The number of nitrogens with two attached hydrogens (primary N) is 2. The van der Waals surface area contributed by atoms with Gasteiger partial charge in [0.2, 0.25) is 5.91 Å². The highest BCUT2D eigenvalue weighted by Gasteiger charge is 2.19. The second-order valence-corrected chi connectivity index (χ2v) is 4.50. The number of ether oxygens (including phenoxy) is 2. The summed E-state index contributed by atoms with van der Waals surface area (Å²) in [6, 6.07) is 2.25. The molecule has 0 aliphatic carbocycles. The fraction of sp³-hybridized carbons (Fsp3) is 0.429. The summed E-state index contributed by atoms with van der Waals surface area (Å²) in [5.74, 6) is -0.342. The lowest BCUT2D eigenvalue weighted by atomic mass is 10.1. The number of methoxy groups -OCH3 is 2. The average molecular weight is 295 g/mol. The van der Waals surface area contributed by atoms with Crippen molar-refractivity contribution in [2.75, 3.05) is 19.5 Å². The van der Waals surface area contributed by atoms with Crippen LogP contribution in [0.4, 0.5) is 5.69 Å². The van der Waals surface area contributed by atoms with Crippen molar-refractivity contribution in [1.29, 1.82) is 0 Å². The Morgan fingerprint density at radius 3 is 2.29 bits per heavy atom. The minimum absolute atomic E-state index is 0.129. The maximum atomic E-state index is 12.0. The fourth-order valence-electron chi connectivity index (χ4n) is 1.85. The molecule has 116 valence electrons. The predicted octanol–water partition coefficient (Wildman–Crippen LogP) is 0.869. The molecule has 5 N–H and O–H groups in total. The molecule has 1 aromatic rings. The molecule has 1 atom stereocenters. The van der Waals surface area contributed by atoms with Crippen molar-refractivity contribution in [2.45, 2.75) is 25.8 Å². The summed E-state index contributed by atoms with van der Waals surface area (Å²) in [7, 11) is 2.90. The first-order chi connectivity index (χ1) is 9.94. The lowest BCUT2D eigenvalue weighted by molar-refractivity contribution is -0.117. The number of hydrogen-bond donors (Lipinski definition) is 3. The minimum Gasteiger partial charge on any atom is -0.493 e. The van der Waals surface area contributed by atoms with Crippen LogP contribution >= 0.6 is 0 Å². The van der Waals surface area contributed by atoms with E-state index in [1.54, 1.807) is 0 Å². The molecule has 1 rings (SSSR count). The van der Waals surface area contributed by atoms with Gasteiger partial charge < -0.3 is 26.3 Å². The van der Waals surface area contributed by atoms with Crippen molar-refractivity contribution >= 4 is 17.5 Å². The maximum Gasteiger partial charge on any atom is 0.250 e. The molecular weight excluding hydrogens is 274 g/mol. The van der Waals surface area contributed by atoms with E-state index in [-0.39, 0.29) is 17.2 Å². The van der Waals surface area contributed by atoms with E-state index in [9.17, 15) is 9.59 Å². The summed E-state index contributed by atoms with van der Waals surface area (Å²) < 4.78 is 10.2. The smallest absolute Gasteiger partial charge is 0.250 e. The zero-order valence-electron chi connectivity index (χ0n) is 12.4. The molecule has 0 fully saturated rings. The Bertz CT molecular complexity index is 531. The quantitative estimate of drug-likeness (QED) is 0.690. The molecule has 0 aliphatic rings. The molecule has 1 unspecified atom stereocenters. The Balaban J connectivity index is 3.15. The van der Waals surface area contributed by atoms with Crippen molar-refractivity contribution in [2.24, 2.45) is 11.5 Å². The van der Waals surface area contributed by atoms with Crippen LogP contribution in [0.5, 0.6) is 11.5 Å². The van der Waals surface area contributed by atoms with Gasteiger partial charge in [-0.15, -0.1) is 0 Å². The molecule has 7 nitrogen and oxygen atoms in total. The first kappa shape index (κ1) is 16.8. The number of nitrogens with one attached hydrogen (secondary N) is 1. The zero-order chi connectivity index (χ0) is 16.0. The van der Waals surface area contributed by atoms with Crippen LogP contribution in [0.2, 0.25) is 0 Å². The zero-order valence-corrected chi connectivity index (χ0v) is 12.4. The molecule has 2 amide bonds. The van der Waals surface area contributed by atoms with Crippen LogP contribution < -0.4 is 26.3 Å². The normalized spacial score (nSPS) is 11.6. The van der Waals surface area contributed by atoms with E-state index < -0.39 is 11.9 Å². The van der Waals surface area contributed by atoms with Crippen molar-refractivity contribution in [3.63, 3.8) is 0 Å². The van der Waals surface area contributed by atoms with E-state index in [1.165, 1.54) is 26.4 Å². The van der Waals surface area contributed by atoms with Crippen LogP contribution in [0.1, 0.15) is 30.1 Å². The predicted molar refractivity (Wildman–Crippen MR) is 79.6 cm³/mol. The van der Waals surface area contributed by atoms with Gasteiger partial charge in [-0.1, -0.05) is 13.3 Å². The molecule has 0 aliphatic heterocycles. The molecule has 0 bridgehead atoms. The Morgan fingerprint density at radius 2 is 1.81 bits per heavy atom. The summed E-state index contributed by atoms with van der Waals surface area (Å²) in [4.78, 5) is 23.5. The number of benzene rings is 1. The highest BCUT2D eigenvalue weighted by atomic mass is 16.5. The van der Waals surface area contributed by atoms with E-state index >= 15 is 0 Å². The van der Waals surface area contributed by atoms with E-state index in [0.717, 1.165) is 6.42 Å². The molecule has 0 aromatic heterocycles. The lowest BCUT2D eigenvalue weighted by Gasteiger charge is -2.16. The highest BCUT2D eigenvalue weighted by molar-refractivity contribution is 6.04. The number of rotatable bonds is 7. The van der Waals surface area contributed by atoms with Crippen molar-refractivity contribution in [1.82, 2.24) is 0 Å². The topological polar surface area (TPSA) is 117 Å². The van der Waals surface area contributed by atoms with Gasteiger partial charge >= 0.3 is 0 Å². The Kier molecular flexibility index (Phi) is 5.98. The summed E-state index contributed by atoms with van der Waals surface area (Å²) >= 11 is 0. The van der Waals surface area contributed by atoms with Gasteiger partial charge in [0, 0.05) is 6.07 Å². The van der Waals surface area contributed by atoms with E-state index in [1.807, 2.05) is 6.92 Å². The minimum atomic E-state index is -0.685. The maximum absolute atomic E-state index is 12.0. The molecule has 7 heteroatoms. The van der Waals surface area contributed by atoms with Crippen LogP contribution in [-0.2, 0) is 4.79 Å². The van der Waals surface area contributed by atoms with Crippen LogP contribution in [0.15, 0.2) is 12.1 Å². The fourth-order valence-corrected chi connectivity index (χ4v) is 1.85. The molecule has 0 saturated heterocycles. The third-order valence-corrected chi connectivity index (χ3v) is 2.98. The van der Waals surface area contributed by atoms with Gasteiger partial charge in [-0.05, 0) is 12.5 Å². The largest absolute Gasteiger partial charge is 0.493 e. The number of carbonyl (C=O) groups is 2. The SMILES string of the molecule is CCCC(N)C(=O)Nc1cc(OC)c(OC)cc1C(N)=O. The first-order valence-corrected chi connectivity index (χ1v) is 6.56. The summed E-state index contributed by atoms with van der Waals surface area (Å²) in [6.45, 7) is 1.93. The molecular formula is C14H21N3O4. The monoisotopic (exact) mass is 295 g/mol. The van der Waals surface area contributed by atoms with Crippen LogP contribution in [0.25, 0.3) is 0 Å². The Hall–Kier alpha value is -2.28. The van der Waals surface area contributed by atoms with Crippen molar-refractivity contribution in [3.05, 3.63) is 17.7 Å². The van der Waals surface area contributed by atoms with Gasteiger partial charge in [0.1, 0.15) is 0 Å². The van der Waals surface area contributed by atoms with Crippen LogP contribution in [-0.4, -0.2) is 32.1 Å². The van der Waals surface area contributed by atoms with Gasteiger partial charge in [-0.3, -0.25) is 9.59 Å². The average Bonchev–Trinajstić information content (AvgIpc) is 2.46. The van der Waals surface area contributed by atoms with Gasteiger partial charge in [0.15, 0.2) is 11.5 Å². The Morgan fingerprint density at radius 1 is 1.24 bits per heavy atom. The second-order valence-electron chi connectivity index (χ2n) is 4.50. The number of primary amides is 1. The van der Waals surface area contributed by atoms with E-state index in [0.29, 0.717) is 17.9 Å². The standard InChI is InChI=1S/C14H21N3O4/c1-4-5-9(15)14(19)17-10-7-12(21-3)11(20-2)6-8(10)13(16)18/h6-7,9H,4-5,15H2,1-3H3,(H2,16,18)(H,17,19). The summed E-state index contributed by atoms with van der Waals surface area (Å²) in [5.41, 5.74) is 11.4. The molecule has 0 saturated carbocycles. The lowest BCUT2D eigenvalue weighted by Crippen LogP contribution is -2.36. The second kappa shape index (κ2) is 7.49. The number of amides is 2. The van der Waals surface area contributed by atoms with Crippen molar-refractivity contribution < 1.29 is 19.1 Å². The van der Waals surface area contributed by atoms with E-state index in [2.05, 4.69) is 5.32 Å². The van der Waals surface area contributed by atoms with Gasteiger partial charge in [-0.2, -0.15) is 0 Å². The third kappa shape index (κ3) is 4.09. The van der Waals surface area contributed by atoms with Gasteiger partial charge in [0.25, 0.3) is 5.91 Å². The van der Waals surface area contributed by atoms with Crippen LogP contribution in [0, 0.1) is 0 Å². The molecule has 0 heterocycles. The van der Waals surface area contributed by atoms with E-state index in [4.69, 9.17) is 20.9 Å². The molecule has 1 aromatic carbocycles. The summed E-state index contributed by atoms with van der Waals surface area (Å²) in [5, 5.41) is 2.60. The number of hydrogen-bond acceptors (Lipinski definition) is 5.